The zero-order valence-electron chi connectivity index (χ0n) is 21.9. The van der Waals surface area contributed by atoms with E-state index in [0.29, 0.717) is 29.0 Å². The highest BCUT2D eigenvalue weighted by atomic mass is 15.3. The highest BCUT2D eigenvalue weighted by Gasteiger charge is 2.52. The lowest BCUT2D eigenvalue weighted by molar-refractivity contribution is 0.0183. The zero-order chi connectivity index (χ0) is 24.6. The van der Waals surface area contributed by atoms with Crippen LogP contribution in [0.4, 0.5) is 11.5 Å². The Morgan fingerprint density at radius 1 is 1.11 bits per heavy atom. The summed E-state index contributed by atoms with van der Waals surface area (Å²) in [4.78, 5) is 12.7. The predicted octanol–water partition coefficient (Wildman–Crippen LogP) is 6.32. The monoisotopic (exact) mass is 471 g/mol. The Morgan fingerprint density at radius 2 is 1.91 bits per heavy atom. The first kappa shape index (κ1) is 24.1. The van der Waals surface area contributed by atoms with Crippen LogP contribution in [-0.4, -0.2) is 23.1 Å². The molecule has 1 aliphatic heterocycles. The summed E-state index contributed by atoms with van der Waals surface area (Å²) < 4.78 is 0. The maximum absolute atomic E-state index is 10.0. The molecule has 0 bridgehead atoms. The van der Waals surface area contributed by atoms with Crippen molar-refractivity contribution < 1.29 is 0 Å². The highest BCUT2D eigenvalue weighted by molar-refractivity contribution is 5.62. The van der Waals surface area contributed by atoms with E-state index < -0.39 is 0 Å². The molecule has 186 valence electrons. The van der Waals surface area contributed by atoms with Crippen LogP contribution in [-0.2, 0) is 19.3 Å². The molecule has 5 rings (SSSR count). The fourth-order valence-corrected chi connectivity index (χ4v) is 7.06. The lowest BCUT2D eigenvalue weighted by Gasteiger charge is -2.60. The minimum atomic E-state index is 0.413. The largest absolute Gasteiger partial charge is 0.398 e. The molecule has 2 fully saturated rings. The molecule has 2 aliphatic carbocycles. The summed E-state index contributed by atoms with van der Waals surface area (Å²) in [6, 6.07) is 6.49. The van der Waals surface area contributed by atoms with Gasteiger partial charge in [-0.15, -0.1) is 0 Å². The van der Waals surface area contributed by atoms with Crippen molar-refractivity contribution in [2.24, 2.45) is 11.3 Å². The number of nitriles is 1. The number of anilines is 2. The van der Waals surface area contributed by atoms with Gasteiger partial charge in [0.05, 0.1) is 11.3 Å². The van der Waals surface area contributed by atoms with Gasteiger partial charge in [0, 0.05) is 42.6 Å². The van der Waals surface area contributed by atoms with Gasteiger partial charge in [-0.2, -0.15) is 5.26 Å². The van der Waals surface area contributed by atoms with Crippen molar-refractivity contribution in [1.29, 1.82) is 5.26 Å². The summed E-state index contributed by atoms with van der Waals surface area (Å²) in [5, 5.41) is 10.0. The predicted molar refractivity (Wildman–Crippen MR) is 143 cm³/mol. The van der Waals surface area contributed by atoms with Crippen molar-refractivity contribution in [3.63, 3.8) is 0 Å². The van der Waals surface area contributed by atoms with Crippen LogP contribution >= 0.6 is 0 Å². The zero-order valence-corrected chi connectivity index (χ0v) is 21.9. The summed E-state index contributed by atoms with van der Waals surface area (Å²) in [7, 11) is 0. The summed E-state index contributed by atoms with van der Waals surface area (Å²) in [6.07, 6.45) is 12.7. The Kier molecular flexibility index (Phi) is 6.75. The summed E-state index contributed by atoms with van der Waals surface area (Å²) >= 11 is 0. The van der Waals surface area contributed by atoms with Crippen molar-refractivity contribution in [2.45, 2.75) is 97.3 Å². The molecule has 2 aromatic rings. The first-order valence-corrected chi connectivity index (χ1v) is 13.9. The number of aryl methyl sites for hydroxylation is 1. The second-order valence-corrected chi connectivity index (χ2v) is 11.5. The number of nitrogens with zero attached hydrogens (tertiary/aromatic N) is 4. The maximum atomic E-state index is 10.0. The van der Waals surface area contributed by atoms with E-state index >= 15 is 0 Å². The molecule has 35 heavy (non-hydrogen) atoms. The van der Waals surface area contributed by atoms with Gasteiger partial charge in [0.1, 0.15) is 17.7 Å². The van der Waals surface area contributed by atoms with E-state index in [1.807, 2.05) is 6.07 Å². The van der Waals surface area contributed by atoms with Gasteiger partial charge < -0.3 is 10.6 Å². The number of hydrogen-bond acceptors (Lipinski definition) is 5. The minimum Gasteiger partial charge on any atom is -0.398 e. The smallest absolute Gasteiger partial charge is 0.135 e. The van der Waals surface area contributed by atoms with E-state index in [1.165, 1.54) is 61.9 Å². The molecular formula is C30H41N5. The molecule has 0 radical (unpaired) electrons. The number of fused-ring (bicyclic) bond motifs is 2. The fraction of sp³-hybridized carbons (Fsp3) is 0.633. The van der Waals surface area contributed by atoms with Crippen LogP contribution in [0.5, 0.6) is 0 Å². The van der Waals surface area contributed by atoms with Crippen LogP contribution < -0.4 is 10.6 Å². The molecule has 3 aliphatic rings. The second kappa shape index (κ2) is 9.80. The molecule has 5 nitrogen and oxygen atoms in total. The van der Waals surface area contributed by atoms with E-state index in [9.17, 15) is 5.26 Å². The Hall–Kier alpha value is -2.61. The first-order valence-electron chi connectivity index (χ1n) is 13.9. The lowest BCUT2D eigenvalue weighted by atomic mass is 9.57. The number of nitrogen functional groups attached to an aromatic ring is 1. The van der Waals surface area contributed by atoms with Gasteiger partial charge in [-0.25, -0.2) is 9.97 Å². The van der Waals surface area contributed by atoms with Gasteiger partial charge in [-0.1, -0.05) is 52.5 Å². The van der Waals surface area contributed by atoms with E-state index in [4.69, 9.17) is 15.7 Å². The Bertz CT molecular complexity index is 1120. The number of aromatic nitrogens is 2. The van der Waals surface area contributed by atoms with Crippen molar-refractivity contribution in [1.82, 2.24) is 9.97 Å². The van der Waals surface area contributed by atoms with E-state index in [1.54, 1.807) is 0 Å². The third kappa shape index (κ3) is 4.53. The molecule has 1 aromatic carbocycles. The van der Waals surface area contributed by atoms with Gasteiger partial charge in [0.15, 0.2) is 0 Å². The van der Waals surface area contributed by atoms with Gasteiger partial charge in [0.25, 0.3) is 0 Å². The SMILES string of the molecule is CCCC1CC2(C1)CN(c1nc(CC)nc3c1CCCCCC(C)c1ccc(N)c(C#N)c1C3)C2. The first-order chi connectivity index (χ1) is 17.0. The van der Waals surface area contributed by atoms with Crippen molar-refractivity contribution >= 4 is 11.5 Å². The maximum Gasteiger partial charge on any atom is 0.135 e. The Morgan fingerprint density at radius 3 is 2.63 bits per heavy atom. The van der Waals surface area contributed by atoms with Crippen LogP contribution in [0.2, 0.25) is 0 Å². The lowest BCUT2D eigenvalue weighted by Crippen LogP contribution is -2.62. The molecule has 2 heterocycles. The fourth-order valence-electron chi connectivity index (χ4n) is 7.06. The number of rotatable bonds is 4. The summed E-state index contributed by atoms with van der Waals surface area (Å²) in [6.45, 7) is 9.03. The molecule has 1 aromatic heterocycles. The number of hydrogen-bond donors (Lipinski definition) is 1. The third-order valence-electron chi connectivity index (χ3n) is 8.86. The number of benzene rings is 1. The van der Waals surface area contributed by atoms with Crippen LogP contribution in [0.3, 0.4) is 0 Å². The van der Waals surface area contributed by atoms with E-state index in [-0.39, 0.29) is 0 Å². The van der Waals surface area contributed by atoms with E-state index in [2.05, 4.69) is 37.8 Å². The van der Waals surface area contributed by atoms with Gasteiger partial charge >= 0.3 is 0 Å². The molecule has 1 spiro atoms. The summed E-state index contributed by atoms with van der Waals surface area (Å²) in [5.41, 5.74) is 12.8. The molecule has 1 saturated carbocycles. The standard InChI is InChI=1S/C30H41N5/c1-4-9-21-15-30(16-21)18-35(19-30)29-23-11-8-6-7-10-20(3)22-12-13-26(32)25(17-31)24(22)14-27(23)33-28(5-2)34-29/h12-13,20-21H,4-11,14-16,18-19,32H2,1-3H3. The minimum absolute atomic E-state index is 0.413. The molecule has 1 unspecified atom stereocenters. The normalized spacial score (nSPS) is 21.8. The van der Waals surface area contributed by atoms with Crippen molar-refractivity contribution in [2.75, 3.05) is 23.7 Å². The molecule has 2 N–H and O–H groups in total. The second-order valence-electron chi connectivity index (χ2n) is 11.5. The van der Waals surface area contributed by atoms with Gasteiger partial charge in [-0.3, -0.25) is 0 Å². The van der Waals surface area contributed by atoms with Crippen LogP contribution in [0, 0.1) is 22.7 Å². The van der Waals surface area contributed by atoms with Crippen LogP contribution in [0.15, 0.2) is 12.1 Å². The van der Waals surface area contributed by atoms with Crippen molar-refractivity contribution in [3.8, 4) is 6.07 Å². The van der Waals surface area contributed by atoms with Crippen LogP contribution in [0.25, 0.3) is 0 Å². The highest BCUT2D eigenvalue weighted by Crippen LogP contribution is 2.54. The van der Waals surface area contributed by atoms with E-state index in [0.717, 1.165) is 55.4 Å². The number of nitrogens with two attached hydrogens (primary N) is 1. The summed E-state index contributed by atoms with van der Waals surface area (Å²) in [5.74, 6) is 3.44. The van der Waals surface area contributed by atoms with Gasteiger partial charge in [0.2, 0.25) is 0 Å². The quantitative estimate of drug-likeness (QED) is 0.528. The molecule has 5 heteroatoms. The Labute approximate surface area is 211 Å². The topological polar surface area (TPSA) is 78.8 Å². The molecule has 1 atom stereocenters. The Balaban J connectivity index is 1.53. The molecule has 0 amide bonds. The van der Waals surface area contributed by atoms with Crippen LogP contribution in [0.1, 0.15) is 112 Å². The molecule has 1 saturated heterocycles. The molecular weight excluding hydrogens is 430 g/mol. The average molecular weight is 472 g/mol. The average Bonchev–Trinajstić information content (AvgIpc) is 2.82. The van der Waals surface area contributed by atoms with Gasteiger partial charge in [-0.05, 0) is 61.1 Å². The third-order valence-corrected chi connectivity index (χ3v) is 8.86. The van der Waals surface area contributed by atoms with Crippen molar-refractivity contribution in [3.05, 3.63) is 45.9 Å².